The third-order valence-electron chi connectivity index (χ3n) is 4.33. The van der Waals surface area contributed by atoms with Gasteiger partial charge in [0, 0.05) is 12.7 Å². The van der Waals surface area contributed by atoms with Crippen LogP contribution in [0.15, 0.2) is 42.5 Å². The molecule has 1 heterocycles. The maximum atomic E-state index is 12.5. The average Bonchev–Trinajstić information content (AvgIpc) is 3.16. The van der Waals surface area contributed by atoms with Crippen molar-refractivity contribution in [1.82, 2.24) is 4.90 Å². The molecule has 0 aliphatic carbocycles. The van der Waals surface area contributed by atoms with Crippen LogP contribution in [0.4, 0.5) is 5.69 Å². The van der Waals surface area contributed by atoms with E-state index in [1.807, 2.05) is 19.1 Å². The van der Waals surface area contributed by atoms with Gasteiger partial charge in [0.15, 0.2) is 17.6 Å². The lowest BCUT2D eigenvalue weighted by molar-refractivity contribution is -0.140. The first-order chi connectivity index (χ1) is 13.8. The molecular weight excluding hydrogens is 376 g/mol. The van der Waals surface area contributed by atoms with Gasteiger partial charge >= 0.3 is 5.97 Å². The molecule has 0 unspecified atom stereocenters. The second-order valence-corrected chi connectivity index (χ2v) is 6.72. The third kappa shape index (κ3) is 5.04. The Morgan fingerprint density at radius 3 is 2.52 bits per heavy atom. The number of fused-ring (bicyclic) bond motifs is 1. The van der Waals surface area contributed by atoms with Crippen molar-refractivity contribution in [3.8, 4) is 11.5 Å². The lowest BCUT2D eigenvalue weighted by Crippen LogP contribution is -2.41. The van der Waals surface area contributed by atoms with Crippen LogP contribution in [0.5, 0.6) is 11.5 Å². The molecule has 152 valence electrons. The van der Waals surface area contributed by atoms with Crippen LogP contribution < -0.4 is 14.8 Å². The molecule has 0 aromatic heterocycles. The fourth-order valence-electron chi connectivity index (χ4n) is 2.74. The molecule has 2 aromatic rings. The van der Waals surface area contributed by atoms with Crippen molar-refractivity contribution in [2.45, 2.75) is 20.0 Å². The summed E-state index contributed by atoms with van der Waals surface area (Å²) < 4.78 is 15.7. The summed E-state index contributed by atoms with van der Waals surface area (Å²) in [6.45, 7) is 3.34. The number of likely N-dealkylation sites (N-methyl/N-ethyl adjacent to an activating group) is 1. The van der Waals surface area contributed by atoms with Crippen LogP contribution in [0.25, 0.3) is 0 Å². The van der Waals surface area contributed by atoms with Crippen LogP contribution in [-0.2, 0) is 14.3 Å². The molecule has 0 radical (unpaired) electrons. The molecule has 0 spiro atoms. The van der Waals surface area contributed by atoms with Crippen LogP contribution in [0.2, 0.25) is 0 Å². The number of carbonyl (C=O) groups excluding carboxylic acids is 3. The molecule has 0 fully saturated rings. The summed E-state index contributed by atoms with van der Waals surface area (Å²) in [7, 11) is 1.47. The highest BCUT2D eigenvalue weighted by molar-refractivity contribution is 5.96. The fraction of sp³-hybridized carbons (Fsp3) is 0.286. The quantitative estimate of drug-likeness (QED) is 0.751. The van der Waals surface area contributed by atoms with Crippen molar-refractivity contribution in [1.29, 1.82) is 0 Å². The van der Waals surface area contributed by atoms with Gasteiger partial charge in [-0.1, -0.05) is 17.7 Å². The van der Waals surface area contributed by atoms with Gasteiger partial charge in [-0.2, -0.15) is 0 Å². The van der Waals surface area contributed by atoms with Crippen LogP contribution in [0.3, 0.4) is 0 Å². The number of hydrogen-bond acceptors (Lipinski definition) is 6. The second-order valence-electron chi connectivity index (χ2n) is 6.72. The van der Waals surface area contributed by atoms with E-state index in [-0.39, 0.29) is 24.8 Å². The predicted octanol–water partition coefficient (Wildman–Crippen LogP) is 2.37. The van der Waals surface area contributed by atoms with Gasteiger partial charge in [0.05, 0.1) is 12.1 Å². The summed E-state index contributed by atoms with van der Waals surface area (Å²) in [5, 5.41) is 2.72. The van der Waals surface area contributed by atoms with E-state index < -0.39 is 18.0 Å². The zero-order chi connectivity index (χ0) is 21.0. The van der Waals surface area contributed by atoms with E-state index >= 15 is 0 Å². The largest absolute Gasteiger partial charge is 0.454 e. The Bertz CT molecular complexity index is 925. The maximum Gasteiger partial charge on any atom is 0.339 e. The number of aryl methyl sites for hydroxylation is 1. The monoisotopic (exact) mass is 398 g/mol. The number of benzene rings is 2. The van der Waals surface area contributed by atoms with Gasteiger partial charge in [-0.05, 0) is 44.2 Å². The van der Waals surface area contributed by atoms with Gasteiger partial charge < -0.3 is 24.4 Å². The lowest BCUT2D eigenvalue weighted by Gasteiger charge is -2.21. The van der Waals surface area contributed by atoms with Gasteiger partial charge in [0.2, 0.25) is 12.7 Å². The molecule has 2 amide bonds. The van der Waals surface area contributed by atoms with Crippen molar-refractivity contribution in [2.75, 3.05) is 25.7 Å². The Labute approximate surface area is 168 Å². The molecular formula is C21H22N2O6. The standard InChI is InChI=1S/C21H22N2O6/c1-13-4-7-16(8-5-13)22-19(24)11-23(3)20(25)14(2)29-21(26)15-6-9-17-18(10-15)28-12-27-17/h4-10,14H,11-12H2,1-3H3,(H,22,24)/t14-/m0/s1. The number of esters is 1. The first-order valence-corrected chi connectivity index (χ1v) is 9.05. The molecule has 29 heavy (non-hydrogen) atoms. The number of amides is 2. The summed E-state index contributed by atoms with van der Waals surface area (Å²) in [6, 6.07) is 12.0. The number of rotatable bonds is 6. The highest BCUT2D eigenvalue weighted by Crippen LogP contribution is 2.32. The van der Waals surface area contributed by atoms with E-state index in [4.69, 9.17) is 14.2 Å². The Kier molecular flexibility index (Phi) is 6.01. The van der Waals surface area contributed by atoms with Crippen molar-refractivity contribution >= 4 is 23.5 Å². The van der Waals surface area contributed by atoms with Crippen molar-refractivity contribution in [3.63, 3.8) is 0 Å². The SMILES string of the molecule is Cc1ccc(NC(=O)CN(C)C(=O)[C@H](C)OC(=O)c2ccc3c(c2)OCO3)cc1. The van der Waals surface area contributed by atoms with Crippen LogP contribution >= 0.6 is 0 Å². The first-order valence-electron chi connectivity index (χ1n) is 9.05. The van der Waals surface area contributed by atoms with E-state index in [1.165, 1.54) is 31.0 Å². The number of nitrogens with zero attached hydrogens (tertiary/aromatic N) is 1. The number of nitrogens with one attached hydrogen (secondary N) is 1. The summed E-state index contributed by atoms with van der Waals surface area (Å²) in [5.74, 6) is -0.507. The van der Waals surface area contributed by atoms with Crippen molar-refractivity contribution in [2.24, 2.45) is 0 Å². The molecule has 0 bridgehead atoms. The number of hydrogen-bond donors (Lipinski definition) is 1. The van der Waals surface area contributed by atoms with Crippen LogP contribution in [0, 0.1) is 6.92 Å². The topological polar surface area (TPSA) is 94.2 Å². The number of anilines is 1. The zero-order valence-electron chi connectivity index (χ0n) is 16.4. The second kappa shape index (κ2) is 8.64. The Balaban J connectivity index is 1.52. The fourth-order valence-corrected chi connectivity index (χ4v) is 2.74. The zero-order valence-corrected chi connectivity index (χ0v) is 16.4. The smallest absolute Gasteiger partial charge is 0.339 e. The van der Waals surface area contributed by atoms with Gasteiger partial charge in [-0.25, -0.2) is 4.79 Å². The van der Waals surface area contributed by atoms with Gasteiger partial charge in [-0.15, -0.1) is 0 Å². The summed E-state index contributed by atoms with van der Waals surface area (Å²) in [4.78, 5) is 38.1. The van der Waals surface area contributed by atoms with E-state index in [2.05, 4.69) is 5.32 Å². The molecule has 2 aromatic carbocycles. The lowest BCUT2D eigenvalue weighted by atomic mass is 10.2. The minimum absolute atomic E-state index is 0.0954. The number of carbonyl (C=O) groups is 3. The summed E-state index contributed by atoms with van der Waals surface area (Å²) >= 11 is 0. The first kappa shape index (κ1) is 20.2. The minimum atomic E-state index is -1.05. The Hall–Kier alpha value is -3.55. The minimum Gasteiger partial charge on any atom is -0.454 e. The highest BCUT2D eigenvalue weighted by Gasteiger charge is 2.25. The molecule has 0 saturated heterocycles. The molecule has 8 nitrogen and oxygen atoms in total. The maximum absolute atomic E-state index is 12.5. The molecule has 1 aliphatic heterocycles. The summed E-state index contributed by atoms with van der Waals surface area (Å²) in [5.41, 5.74) is 1.96. The van der Waals surface area contributed by atoms with Crippen LogP contribution in [0.1, 0.15) is 22.8 Å². The average molecular weight is 398 g/mol. The van der Waals surface area contributed by atoms with Gasteiger partial charge in [-0.3, -0.25) is 9.59 Å². The third-order valence-corrected chi connectivity index (χ3v) is 4.33. The van der Waals surface area contributed by atoms with E-state index in [0.29, 0.717) is 17.2 Å². The molecule has 1 atom stereocenters. The molecule has 1 N–H and O–H groups in total. The van der Waals surface area contributed by atoms with Crippen molar-refractivity contribution < 1.29 is 28.6 Å². The highest BCUT2D eigenvalue weighted by atomic mass is 16.7. The van der Waals surface area contributed by atoms with E-state index in [0.717, 1.165) is 5.56 Å². The van der Waals surface area contributed by atoms with E-state index in [1.54, 1.807) is 18.2 Å². The molecule has 0 saturated carbocycles. The number of ether oxygens (including phenoxy) is 3. The Morgan fingerprint density at radius 1 is 1.10 bits per heavy atom. The molecule has 8 heteroatoms. The van der Waals surface area contributed by atoms with Gasteiger partial charge in [0.25, 0.3) is 5.91 Å². The van der Waals surface area contributed by atoms with Crippen molar-refractivity contribution in [3.05, 3.63) is 53.6 Å². The molecule has 1 aliphatic rings. The predicted molar refractivity (Wildman–Crippen MR) is 105 cm³/mol. The van der Waals surface area contributed by atoms with Crippen LogP contribution in [-0.4, -0.2) is 49.2 Å². The molecule has 3 rings (SSSR count). The van der Waals surface area contributed by atoms with E-state index in [9.17, 15) is 14.4 Å². The van der Waals surface area contributed by atoms with Gasteiger partial charge in [0.1, 0.15) is 0 Å². The summed E-state index contributed by atoms with van der Waals surface area (Å²) in [6.07, 6.45) is -1.05. The Morgan fingerprint density at radius 2 is 1.79 bits per heavy atom. The normalized spacial score (nSPS) is 12.8.